The van der Waals surface area contributed by atoms with Gasteiger partial charge in [0.05, 0.1) is 6.20 Å². The number of hydrogen-bond acceptors (Lipinski definition) is 4. The van der Waals surface area contributed by atoms with Crippen LogP contribution in [0.3, 0.4) is 0 Å². The fourth-order valence-corrected chi connectivity index (χ4v) is 3.68. The molecule has 0 radical (unpaired) electrons. The topological polar surface area (TPSA) is 61.4 Å². The van der Waals surface area contributed by atoms with E-state index in [0.29, 0.717) is 13.1 Å². The minimum Gasteiger partial charge on any atom is -0.352 e. The Bertz CT molecular complexity index is 728. The fraction of sp³-hybridized carbons (Fsp3) is 0.421. The summed E-state index contributed by atoms with van der Waals surface area (Å²) in [5, 5.41) is 3.22. The number of aryl methyl sites for hydroxylation is 1. The van der Waals surface area contributed by atoms with E-state index in [1.165, 1.54) is 11.1 Å². The van der Waals surface area contributed by atoms with Crippen LogP contribution in [-0.4, -0.2) is 53.1 Å². The number of amides is 2. The van der Waals surface area contributed by atoms with Gasteiger partial charge in [0, 0.05) is 44.6 Å². The summed E-state index contributed by atoms with van der Waals surface area (Å²) in [4.78, 5) is 25.1. The van der Waals surface area contributed by atoms with E-state index in [-0.39, 0.29) is 12.1 Å². The first kappa shape index (κ1) is 15.9. The number of urea groups is 1. The average molecular weight is 337 g/mol. The zero-order valence-electron chi connectivity index (χ0n) is 14.3. The Kier molecular flexibility index (Phi) is 4.50. The number of hydrogen-bond donors (Lipinski definition) is 1. The third-order valence-electron chi connectivity index (χ3n) is 5.11. The van der Waals surface area contributed by atoms with Crippen molar-refractivity contribution < 1.29 is 4.79 Å². The Morgan fingerprint density at radius 3 is 2.64 bits per heavy atom. The number of carbonyl (C=O) groups excluding carboxylic acids is 1. The predicted octanol–water partition coefficient (Wildman–Crippen LogP) is 1.87. The van der Waals surface area contributed by atoms with Crippen molar-refractivity contribution in [3.8, 4) is 0 Å². The van der Waals surface area contributed by atoms with Gasteiger partial charge in [-0.2, -0.15) is 0 Å². The zero-order chi connectivity index (χ0) is 17.1. The highest BCUT2D eigenvalue weighted by Crippen LogP contribution is 2.21. The summed E-state index contributed by atoms with van der Waals surface area (Å²) in [5.41, 5.74) is 2.79. The number of benzene rings is 1. The maximum absolute atomic E-state index is 12.6. The lowest BCUT2D eigenvalue weighted by Gasteiger charge is -2.36. The van der Waals surface area contributed by atoms with Crippen molar-refractivity contribution in [1.29, 1.82) is 0 Å². The molecule has 0 saturated carbocycles. The Balaban J connectivity index is 1.30. The van der Waals surface area contributed by atoms with Crippen LogP contribution >= 0.6 is 0 Å². The molecule has 4 rings (SSSR count). The number of piperazine rings is 1. The Labute approximate surface area is 147 Å². The summed E-state index contributed by atoms with van der Waals surface area (Å²) in [6.07, 6.45) is 8.14. The second kappa shape index (κ2) is 7.09. The van der Waals surface area contributed by atoms with Gasteiger partial charge in [0.2, 0.25) is 0 Å². The van der Waals surface area contributed by atoms with Crippen LogP contribution in [0.25, 0.3) is 0 Å². The van der Waals surface area contributed by atoms with Crippen molar-refractivity contribution in [2.24, 2.45) is 0 Å². The molecule has 2 aromatic rings. The lowest BCUT2D eigenvalue weighted by atomic mass is 9.88. The normalized spacial score (nSPS) is 20.1. The number of fused-ring (bicyclic) bond motifs is 1. The molecule has 2 amide bonds. The van der Waals surface area contributed by atoms with Crippen LogP contribution in [-0.2, 0) is 12.8 Å². The van der Waals surface area contributed by atoms with Gasteiger partial charge in [-0.25, -0.2) is 9.78 Å². The van der Waals surface area contributed by atoms with Crippen LogP contribution < -0.4 is 10.2 Å². The Hall–Kier alpha value is -2.63. The molecule has 1 aliphatic heterocycles. The molecule has 1 aromatic heterocycles. The molecule has 1 saturated heterocycles. The van der Waals surface area contributed by atoms with Crippen molar-refractivity contribution >= 4 is 11.8 Å². The minimum absolute atomic E-state index is 0.0585. The van der Waals surface area contributed by atoms with E-state index in [2.05, 4.69) is 44.5 Å². The molecule has 6 nitrogen and oxygen atoms in total. The van der Waals surface area contributed by atoms with Crippen LogP contribution in [0, 0.1) is 0 Å². The number of carbonyl (C=O) groups is 1. The van der Waals surface area contributed by atoms with Gasteiger partial charge in [0.15, 0.2) is 0 Å². The van der Waals surface area contributed by atoms with E-state index in [1.54, 1.807) is 18.6 Å². The SMILES string of the molecule is O=C(N[C@H]1CCc2ccccc2C1)N1CCN(c2cnccn2)CC1. The van der Waals surface area contributed by atoms with Crippen LogP contribution in [0.2, 0.25) is 0 Å². The van der Waals surface area contributed by atoms with Crippen LogP contribution in [0.15, 0.2) is 42.9 Å². The highest BCUT2D eigenvalue weighted by molar-refractivity contribution is 5.75. The molecule has 1 fully saturated rings. The molecule has 1 N–H and O–H groups in total. The summed E-state index contributed by atoms with van der Waals surface area (Å²) in [7, 11) is 0. The van der Waals surface area contributed by atoms with E-state index in [4.69, 9.17) is 0 Å². The van der Waals surface area contributed by atoms with Gasteiger partial charge < -0.3 is 15.1 Å². The highest BCUT2D eigenvalue weighted by Gasteiger charge is 2.25. The van der Waals surface area contributed by atoms with E-state index >= 15 is 0 Å². The third kappa shape index (κ3) is 3.57. The molecule has 25 heavy (non-hydrogen) atoms. The summed E-state index contributed by atoms with van der Waals surface area (Å²) >= 11 is 0. The van der Waals surface area contributed by atoms with Crippen LogP contribution in [0.4, 0.5) is 10.6 Å². The number of anilines is 1. The van der Waals surface area contributed by atoms with Crippen LogP contribution in [0.1, 0.15) is 17.5 Å². The first-order chi connectivity index (χ1) is 12.3. The summed E-state index contributed by atoms with van der Waals surface area (Å²) in [5.74, 6) is 0.881. The smallest absolute Gasteiger partial charge is 0.317 e. The first-order valence-corrected chi connectivity index (χ1v) is 8.93. The van der Waals surface area contributed by atoms with Crippen molar-refractivity contribution in [3.05, 3.63) is 54.0 Å². The molecule has 2 heterocycles. The highest BCUT2D eigenvalue weighted by atomic mass is 16.2. The molecule has 130 valence electrons. The van der Waals surface area contributed by atoms with Gasteiger partial charge >= 0.3 is 6.03 Å². The molecule has 0 bridgehead atoms. The molecule has 1 atom stereocenters. The Morgan fingerprint density at radius 2 is 1.88 bits per heavy atom. The first-order valence-electron chi connectivity index (χ1n) is 8.93. The van der Waals surface area contributed by atoms with Gasteiger partial charge in [-0.05, 0) is 30.4 Å². The van der Waals surface area contributed by atoms with Crippen molar-refractivity contribution in [2.45, 2.75) is 25.3 Å². The monoisotopic (exact) mass is 337 g/mol. The fourth-order valence-electron chi connectivity index (χ4n) is 3.68. The van der Waals surface area contributed by atoms with Crippen molar-refractivity contribution in [3.63, 3.8) is 0 Å². The molecule has 0 unspecified atom stereocenters. The molecule has 1 aliphatic carbocycles. The van der Waals surface area contributed by atoms with Gasteiger partial charge in [0.1, 0.15) is 5.82 Å². The molecule has 1 aromatic carbocycles. The Morgan fingerprint density at radius 1 is 1.08 bits per heavy atom. The van der Waals surface area contributed by atoms with Crippen molar-refractivity contribution in [2.75, 3.05) is 31.1 Å². The van der Waals surface area contributed by atoms with E-state index < -0.39 is 0 Å². The van der Waals surface area contributed by atoms with E-state index in [1.807, 2.05) is 4.90 Å². The zero-order valence-corrected chi connectivity index (χ0v) is 14.3. The number of nitrogens with zero attached hydrogens (tertiary/aromatic N) is 4. The van der Waals surface area contributed by atoms with Gasteiger partial charge in [-0.1, -0.05) is 24.3 Å². The summed E-state index contributed by atoms with van der Waals surface area (Å²) in [6, 6.07) is 8.83. The van der Waals surface area contributed by atoms with Crippen LogP contribution in [0.5, 0.6) is 0 Å². The lowest BCUT2D eigenvalue weighted by molar-refractivity contribution is 0.189. The number of nitrogens with one attached hydrogen (secondary N) is 1. The summed E-state index contributed by atoms with van der Waals surface area (Å²) < 4.78 is 0. The predicted molar refractivity (Wildman–Crippen MR) is 96.6 cm³/mol. The largest absolute Gasteiger partial charge is 0.352 e. The second-order valence-electron chi connectivity index (χ2n) is 6.70. The second-order valence-corrected chi connectivity index (χ2v) is 6.70. The van der Waals surface area contributed by atoms with Gasteiger partial charge in [0.25, 0.3) is 0 Å². The molecule has 6 heteroatoms. The minimum atomic E-state index is 0.0585. The van der Waals surface area contributed by atoms with E-state index in [0.717, 1.165) is 38.2 Å². The number of rotatable bonds is 2. The van der Waals surface area contributed by atoms with Gasteiger partial charge in [-0.15, -0.1) is 0 Å². The van der Waals surface area contributed by atoms with Gasteiger partial charge in [-0.3, -0.25) is 4.98 Å². The molecular weight excluding hydrogens is 314 g/mol. The molecular formula is C19H23N5O. The van der Waals surface area contributed by atoms with Crippen molar-refractivity contribution in [1.82, 2.24) is 20.2 Å². The maximum atomic E-state index is 12.6. The lowest BCUT2D eigenvalue weighted by Crippen LogP contribution is -2.54. The molecule has 2 aliphatic rings. The average Bonchev–Trinajstić information content (AvgIpc) is 2.69. The quantitative estimate of drug-likeness (QED) is 0.909. The number of aromatic nitrogens is 2. The standard InChI is InChI=1S/C19H23N5O/c25-19(22-17-6-5-15-3-1-2-4-16(15)13-17)24-11-9-23(10-12-24)18-14-20-7-8-21-18/h1-4,7-8,14,17H,5-6,9-13H2,(H,22,25)/t17-/m0/s1. The summed E-state index contributed by atoms with van der Waals surface area (Å²) in [6.45, 7) is 3.01. The maximum Gasteiger partial charge on any atom is 0.317 e. The third-order valence-corrected chi connectivity index (χ3v) is 5.11. The molecule has 0 spiro atoms. The van der Waals surface area contributed by atoms with E-state index in [9.17, 15) is 4.79 Å².